The van der Waals surface area contributed by atoms with Crippen molar-refractivity contribution in [1.29, 1.82) is 0 Å². The van der Waals surface area contributed by atoms with E-state index in [1.807, 2.05) is 0 Å². The molecule has 3 N–H and O–H groups in total. The fourth-order valence-electron chi connectivity index (χ4n) is 3.48. The van der Waals surface area contributed by atoms with Crippen LogP contribution < -0.4 is 5.73 Å². The van der Waals surface area contributed by atoms with E-state index in [0.717, 1.165) is 25.7 Å². The number of carbonyl (C=O) groups excluding carboxylic acids is 2. The summed E-state index contributed by atoms with van der Waals surface area (Å²) in [6.45, 7) is 0.232. The lowest BCUT2D eigenvalue weighted by molar-refractivity contribution is -0.155. The van der Waals surface area contributed by atoms with Crippen LogP contribution in [-0.2, 0) is 16.1 Å². The molecule has 20 heavy (non-hydrogen) atoms. The lowest BCUT2D eigenvalue weighted by atomic mass is 9.67. The van der Waals surface area contributed by atoms with E-state index in [-0.39, 0.29) is 23.8 Å². The lowest BCUT2D eigenvalue weighted by Gasteiger charge is -2.42. The molecule has 0 atom stereocenters. The zero-order chi connectivity index (χ0) is 14.2. The van der Waals surface area contributed by atoms with Crippen LogP contribution in [0.25, 0.3) is 0 Å². The molecule has 1 spiro atoms. The molecule has 1 aliphatic heterocycles. The maximum Gasteiger partial charge on any atom is 0.230 e. The number of carbonyl (C=O) groups is 2. The van der Waals surface area contributed by atoms with Gasteiger partial charge in [0.25, 0.3) is 0 Å². The molecule has 108 valence electrons. The summed E-state index contributed by atoms with van der Waals surface area (Å²) in [5.74, 6) is 0.288. The summed E-state index contributed by atoms with van der Waals surface area (Å²) in [6.07, 6.45) is 8.07. The van der Waals surface area contributed by atoms with Crippen molar-refractivity contribution in [2.45, 2.75) is 51.5 Å². The van der Waals surface area contributed by atoms with Crippen molar-refractivity contribution in [2.24, 2.45) is 5.41 Å². The van der Waals surface area contributed by atoms with Gasteiger partial charge in [-0.3, -0.25) is 19.6 Å². The number of imide groups is 1. The van der Waals surface area contributed by atoms with Crippen LogP contribution >= 0.6 is 0 Å². The Morgan fingerprint density at radius 1 is 1.20 bits per heavy atom. The van der Waals surface area contributed by atoms with Crippen LogP contribution in [-0.4, -0.2) is 26.9 Å². The Hall–Kier alpha value is -1.85. The summed E-state index contributed by atoms with van der Waals surface area (Å²) in [5.41, 5.74) is 6.35. The van der Waals surface area contributed by atoms with Crippen molar-refractivity contribution in [1.82, 2.24) is 15.1 Å². The Kier molecular flexibility index (Phi) is 3.23. The molecule has 6 nitrogen and oxygen atoms in total. The van der Waals surface area contributed by atoms with Gasteiger partial charge in [0.15, 0.2) is 0 Å². The van der Waals surface area contributed by atoms with Gasteiger partial charge in [0.05, 0.1) is 12.7 Å². The molecule has 2 heterocycles. The van der Waals surface area contributed by atoms with Crippen LogP contribution in [0.5, 0.6) is 0 Å². The van der Waals surface area contributed by atoms with E-state index in [0.29, 0.717) is 24.2 Å². The quantitative estimate of drug-likeness (QED) is 0.802. The first kappa shape index (κ1) is 13.1. The Labute approximate surface area is 117 Å². The molecule has 1 saturated carbocycles. The molecule has 2 fully saturated rings. The fraction of sp³-hybridized carbons (Fsp3) is 0.643. The van der Waals surface area contributed by atoms with Crippen LogP contribution in [0.4, 0.5) is 5.82 Å². The van der Waals surface area contributed by atoms with E-state index in [4.69, 9.17) is 5.73 Å². The molecular formula is C14H20N4O2. The van der Waals surface area contributed by atoms with Gasteiger partial charge in [-0.25, -0.2) is 0 Å². The van der Waals surface area contributed by atoms with Gasteiger partial charge in [0.1, 0.15) is 5.82 Å². The first-order chi connectivity index (χ1) is 9.60. The number of likely N-dealkylation sites (tertiary alicyclic amines) is 1. The number of nitrogens with two attached hydrogens (primary N) is 1. The van der Waals surface area contributed by atoms with E-state index >= 15 is 0 Å². The number of rotatable bonds is 2. The number of nitrogen functional groups attached to an aromatic ring is 1. The van der Waals surface area contributed by atoms with E-state index in [9.17, 15) is 9.59 Å². The van der Waals surface area contributed by atoms with Gasteiger partial charge in [0, 0.05) is 18.4 Å². The molecule has 1 aromatic rings. The highest BCUT2D eigenvalue weighted by Crippen LogP contribution is 2.45. The Morgan fingerprint density at radius 3 is 2.40 bits per heavy atom. The van der Waals surface area contributed by atoms with Crippen molar-refractivity contribution in [3.05, 3.63) is 11.8 Å². The number of hydrogen-bond acceptors (Lipinski definition) is 4. The first-order valence-electron chi connectivity index (χ1n) is 7.21. The molecule has 1 aromatic heterocycles. The van der Waals surface area contributed by atoms with Crippen molar-refractivity contribution in [3.63, 3.8) is 0 Å². The second-order valence-electron chi connectivity index (χ2n) is 6.10. The van der Waals surface area contributed by atoms with Gasteiger partial charge < -0.3 is 5.73 Å². The predicted molar refractivity (Wildman–Crippen MR) is 73.3 cm³/mol. The monoisotopic (exact) mass is 276 g/mol. The number of aromatic amines is 1. The maximum atomic E-state index is 12.3. The number of piperidine rings is 1. The highest BCUT2D eigenvalue weighted by atomic mass is 16.2. The largest absolute Gasteiger partial charge is 0.384 e. The van der Waals surface area contributed by atoms with E-state index in [1.165, 1.54) is 11.3 Å². The summed E-state index contributed by atoms with van der Waals surface area (Å²) >= 11 is 0. The summed E-state index contributed by atoms with van der Waals surface area (Å²) in [5, 5.41) is 6.44. The van der Waals surface area contributed by atoms with Gasteiger partial charge in [-0.2, -0.15) is 5.10 Å². The SMILES string of the molecule is Nc1[nH]ncc1CN1C(=O)CC2(CCCCC2)CC1=O. The number of nitrogens with one attached hydrogen (secondary N) is 1. The average Bonchev–Trinajstić information content (AvgIpc) is 2.80. The average molecular weight is 276 g/mol. The highest BCUT2D eigenvalue weighted by molar-refractivity contribution is 5.98. The molecule has 0 radical (unpaired) electrons. The molecule has 0 unspecified atom stereocenters. The molecule has 2 aliphatic rings. The van der Waals surface area contributed by atoms with E-state index in [2.05, 4.69) is 10.2 Å². The van der Waals surface area contributed by atoms with Gasteiger partial charge in [-0.1, -0.05) is 19.3 Å². The number of H-pyrrole nitrogens is 1. The van der Waals surface area contributed by atoms with Crippen molar-refractivity contribution < 1.29 is 9.59 Å². The normalized spacial score (nSPS) is 22.5. The minimum atomic E-state index is -0.0660. The molecule has 3 rings (SSSR count). The third kappa shape index (κ3) is 2.30. The Balaban J connectivity index is 1.74. The third-order valence-corrected chi connectivity index (χ3v) is 4.65. The molecule has 2 amide bonds. The highest BCUT2D eigenvalue weighted by Gasteiger charge is 2.43. The van der Waals surface area contributed by atoms with Crippen molar-refractivity contribution in [3.8, 4) is 0 Å². The molecule has 1 aliphatic carbocycles. The number of aromatic nitrogens is 2. The maximum absolute atomic E-state index is 12.3. The number of hydrogen-bond donors (Lipinski definition) is 2. The second-order valence-corrected chi connectivity index (χ2v) is 6.10. The zero-order valence-electron chi connectivity index (χ0n) is 11.5. The van der Waals surface area contributed by atoms with Gasteiger partial charge in [-0.15, -0.1) is 0 Å². The minimum absolute atomic E-state index is 0.0646. The fourth-order valence-corrected chi connectivity index (χ4v) is 3.48. The second kappa shape index (κ2) is 4.92. The minimum Gasteiger partial charge on any atom is -0.384 e. The summed E-state index contributed by atoms with van der Waals surface area (Å²) in [4.78, 5) is 26.0. The lowest BCUT2D eigenvalue weighted by Crippen LogP contribution is -2.48. The predicted octanol–water partition coefficient (Wildman–Crippen LogP) is 1.59. The standard InChI is InChI=1S/C14H20N4O2/c15-13-10(8-16-17-13)9-18-11(19)6-14(7-12(18)20)4-2-1-3-5-14/h8H,1-7,9H2,(H3,15,16,17). The summed E-state index contributed by atoms with van der Waals surface area (Å²) in [6, 6.07) is 0. The molecule has 1 saturated heterocycles. The third-order valence-electron chi connectivity index (χ3n) is 4.65. The van der Waals surface area contributed by atoms with Crippen molar-refractivity contribution in [2.75, 3.05) is 5.73 Å². The Morgan fingerprint density at radius 2 is 1.85 bits per heavy atom. The zero-order valence-corrected chi connectivity index (χ0v) is 11.5. The topological polar surface area (TPSA) is 92.1 Å². The summed E-state index contributed by atoms with van der Waals surface area (Å²) < 4.78 is 0. The van der Waals surface area contributed by atoms with Crippen LogP contribution in [0.3, 0.4) is 0 Å². The van der Waals surface area contributed by atoms with Gasteiger partial charge in [-0.05, 0) is 18.3 Å². The van der Waals surface area contributed by atoms with Crippen molar-refractivity contribution >= 4 is 17.6 Å². The molecular weight excluding hydrogens is 256 g/mol. The number of nitrogens with zero attached hydrogens (tertiary/aromatic N) is 2. The molecule has 6 heteroatoms. The van der Waals surface area contributed by atoms with Gasteiger partial charge >= 0.3 is 0 Å². The van der Waals surface area contributed by atoms with Crippen LogP contribution in [0, 0.1) is 5.41 Å². The number of anilines is 1. The number of amides is 2. The van der Waals surface area contributed by atoms with Gasteiger partial charge in [0.2, 0.25) is 11.8 Å². The van der Waals surface area contributed by atoms with E-state index < -0.39 is 0 Å². The first-order valence-corrected chi connectivity index (χ1v) is 7.21. The summed E-state index contributed by atoms with van der Waals surface area (Å²) in [7, 11) is 0. The smallest absolute Gasteiger partial charge is 0.230 e. The Bertz CT molecular complexity index is 511. The van der Waals surface area contributed by atoms with Crippen LogP contribution in [0.2, 0.25) is 0 Å². The molecule has 0 bridgehead atoms. The van der Waals surface area contributed by atoms with Crippen LogP contribution in [0.15, 0.2) is 6.20 Å². The van der Waals surface area contributed by atoms with Crippen LogP contribution in [0.1, 0.15) is 50.5 Å². The van der Waals surface area contributed by atoms with E-state index in [1.54, 1.807) is 6.20 Å². The molecule has 0 aromatic carbocycles.